The van der Waals surface area contributed by atoms with Crippen molar-refractivity contribution in [1.29, 1.82) is 0 Å². The van der Waals surface area contributed by atoms with Gasteiger partial charge in [-0.1, -0.05) is 5.16 Å². The Kier molecular flexibility index (Phi) is 3.71. The van der Waals surface area contributed by atoms with Crippen molar-refractivity contribution < 1.29 is 27.1 Å². The van der Waals surface area contributed by atoms with Gasteiger partial charge in [0.1, 0.15) is 11.3 Å². The first-order valence-corrected chi connectivity index (χ1v) is 8.13. The van der Waals surface area contributed by atoms with E-state index < -0.39 is 11.9 Å². The van der Waals surface area contributed by atoms with Crippen LogP contribution in [0.3, 0.4) is 0 Å². The standard InChI is InChI=1S/C18H14F3N3O2/c1-10-14(9-22-26-10)17(25)23-12-4-6-13(7-5-12)24-15(11-2-3-11)8-16(24)18(19,20)21/h4-9,11H,2-3H2,1H3/p+1. The summed E-state index contributed by atoms with van der Waals surface area (Å²) in [6.07, 6.45) is -0.0190. The molecule has 1 N–H and O–H groups in total. The SMILES string of the molecule is Cc1oncc1C(=O)Nc1ccc([N+]2=C(C3CC3)C=C2C(F)(F)F)cc1. The molecule has 8 heteroatoms. The first kappa shape index (κ1) is 16.6. The Labute approximate surface area is 146 Å². The van der Waals surface area contributed by atoms with Crippen molar-refractivity contribution >= 4 is 23.0 Å². The third-order valence-electron chi connectivity index (χ3n) is 4.45. The summed E-state index contributed by atoms with van der Waals surface area (Å²) >= 11 is 0. The van der Waals surface area contributed by atoms with Crippen molar-refractivity contribution in [2.45, 2.75) is 25.9 Å². The number of carbonyl (C=O) groups excluding carboxylic acids is 1. The normalized spacial score (nSPS) is 17.0. The number of nitrogens with zero attached hydrogens (tertiary/aromatic N) is 2. The first-order valence-electron chi connectivity index (χ1n) is 8.13. The van der Waals surface area contributed by atoms with Crippen LogP contribution in [0.1, 0.15) is 29.0 Å². The molecule has 0 spiro atoms. The first-order chi connectivity index (χ1) is 12.3. The minimum atomic E-state index is -4.39. The van der Waals surface area contributed by atoms with E-state index in [1.165, 1.54) is 16.8 Å². The molecule has 134 valence electrons. The van der Waals surface area contributed by atoms with Gasteiger partial charge in [-0.05, 0) is 31.9 Å². The molecule has 2 aromatic rings. The van der Waals surface area contributed by atoms with E-state index >= 15 is 0 Å². The van der Waals surface area contributed by atoms with Gasteiger partial charge in [-0.2, -0.15) is 17.7 Å². The predicted octanol–water partition coefficient (Wildman–Crippen LogP) is 4.19. The van der Waals surface area contributed by atoms with Gasteiger partial charge < -0.3 is 9.84 Å². The summed E-state index contributed by atoms with van der Waals surface area (Å²) in [5, 5.41) is 6.22. The van der Waals surface area contributed by atoms with Crippen LogP contribution < -0.4 is 5.32 Å². The number of carbonyl (C=O) groups is 1. The molecule has 2 aliphatic rings. The van der Waals surface area contributed by atoms with Gasteiger partial charge in [0.2, 0.25) is 5.69 Å². The molecule has 1 saturated carbocycles. The predicted molar refractivity (Wildman–Crippen MR) is 87.4 cm³/mol. The number of anilines is 1. The minimum Gasteiger partial charge on any atom is -0.361 e. The molecule has 1 aromatic carbocycles. The summed E-state index contributed by atoms with van der Waals surface area (Å²) in [6, 6.07) is 6.29. The van der Waals surface area contributed by atoms with E-state index in [2.05, 4.69) is 10.5 Å². The van der Waals surface area contributed by atoms with Crippen molar-refractivity contribution in [3.05, 3.63) is 53.6 Å². The lowest BCUT2D eigenvalue weighted by Gasteiger charge is -2.18. The summed E-state index contributed by atoms with van der Waals surface area (Å²) in [7, 11) is 0. The number of benzene rings is 1. The van der Waals surface area contributed by atoms with Crippen LogP contribution in [0.4, 0.5) is 24.5 Å². The number of aromatic nitrogens is 1. The second-order valence-corrected chi connectivity index (χ2v) is 6.36. The van der Waals surface area contributed by atoms with E-state index in [9.17, 15) is 18.0 Å². The lowest BCUT2D eigenvalue weighted by atomic mass is 10.1. The van der Waals surface area contributed by atoms with Gasteiger partial charge in [0, 0.05) is 23.7 Å². The Hall–Kier alpha value is -2.90. The number of allylic oxidation sites excluding steroid dienone is 2. The average molecular weight is 362 g/mol. The van der Waals surface area contributed by atoms with Crippen LogP contribution in [0.25, 0.3) is 0 Å². The number of amides is 1. The molecule has 0 radical (unpaired) electrons. The number of rotatable bonds is 4. The van der Waals surface area contributed by atoms with Crippen molar-refractivity contribution in [2.24, 2.45) is 5.92 Å². The molecule has 0 bridgehead atoms. The van der Waals surface area contributed by atoms with E-state index in [1.54, 1.807) is 31.2 Å². The fraction of sp³-hybridized carbons (Fsp3) is 0.278. The van der Waals surface area contributed by atoms with Crippen LogP contribution in [0, 0.1) is 12.8 Å². The van der Waals surface area contributed by atoms with E-state index in [4.69, 9.17) is 4.52 Å². The zero-order valence-corrected chi connectivity index (χ0v) is 13.8. The average Bonchev–Trinajstić information content (AvgIpc) is 3.26. The number of hydrogen-bond acceptors (Lipinski definition) is 3. The van der Waals surface area contributed by atoms with Gasteiger partial charge in [-0.3, -0.25) is 4.79 Å². The summed E-state index contributed by atoms with van der Waals surface area (Å²) in [6.45, 7) is 1.62. The highest BCUT2D eigenvalue weighted by atomic mass is 19.4. The van der Waals surface area contributed by atoms with Crippen LogP contribution >= 0.6 is 0 Å². The Morgan fingerprint density at radius 1 is 1.27 bits per heavy atom. The number of aryl methyl sites for hydroxylation is 1. The molecule has 2 heterocycles. The fourth-order valence-corrected chi connectivity index (χ4v) is 2.93. The summed E-state index contributed by atoms with van der Waals surface area (Å²) in [5.41, 5.74) is 1.26. The Balaban J connectivity index is 1.55. The summed E-state index contributed by atoms with van der Waals surface area (Å²) in [5.74, 6) is 0.210. The molecule has 5 nitrogen and oxygen atoms in total. The van der Waals surface area contributed by atoms with E-state index in [0.717, 1.165) is 12.8 Å². The number of halogens is 3. The third-order valence-corrected chi connectivity index (χ3v) is 4.45. The van der Waals surface area contributed by atoms with E-state index in [0.29, 0.717) is 28.4 Å². The maximum atomic E-state index is 13.1. The van der Waals surface area contributed by atoms with Gasteiger partial charge in [-0.25, -0.2) is 0 Å². The van der Waals surface area contributed by atoms with E-state index in [-0.39, 0.29) is 11.8 Å². The molecule has 1 aliphatic carbocycles. The molecular formula is C18H15F3N3O2+. The number of nitrogens with one attached hydrogen (secondary N) is 1. The highest BCUT2D eigenvalue weighted by molar-refractivity contribution is 6.04. The Morgan fingerprint density at radius 3 is 2.50 bits per heavy atom. The summed E-state index contributed by atoms with van der Waals surface area (Å²) in [4.78, 5) is 12.1. The van der Waals surface area contributed by atoms with Crippen LogP contribution in [0.15, 0.2) is 46.8 Å². The minimum absolute atomic E-state index is 0.206. The molecular weight excluding hydrogens is 347 g/mol. The number of hydrogen-bond donors (Lipinski definition) is 1. The highest BCUT2D eigenvalue weighted by Crippen LogP contribution is 2.42. The summed E-state index contributed by atoms with van der Waals surface area (Å²) < 4.78 is 45.5. The molecule has 0 saturated heterocycles. The zero-order valence-electron chi connectivity index (χ0n) is 13.8. The molecule has 1 aliphatic heterocycles. The van der Waals surface area contributed by atoms with Crippen LogP contribution in [0.2, 0.25) is 0 Å². The van der Waals surface area contributed by atoms with E-state index in [1.807, 2.05) is 0 Å². The van der Waals surface area contributed by atoms with Crippen molar-refractivity contribution in [2.75, 3.05) is 5.32 Å². The zero-order chi connectivity index (χ0) is 18.5. The van der Waals surface area contributed by atoms with Crippen molar-refractivity contribution in [3.63, 3.8) is 0 Å². The monoisotopic (exact) mass is 362 g/mol. The van der Waals surface area contributed by atoms with Crippen LogP contribution in [-0.4, -0.2) is 27.5 Å². The second kappa shape index (κ2) is 5.82. The van der Waals surface area contributed by atoms with Crippen LogP contribution in [0.5, 0.6) is 0 Å². The van der Waals surface area contributed by atoms with Gasteiger partial charge in [-0.15, -0.1) is 0 Å². The molecule has 1 fully saturated rings. The smallest absolute Gasteiger partial charge is 0.361 e. The molecule has 26 heavy (non-hydrogen) atoms. The molecule has 1 amide bonds. The Morgan fingerprint density at radius 2 is 1.96 bits per heavy atom. The van der Waals surface area contributed by atoms with Crippen molar-refractivity contribution in [3.8, 4) is 0 Å². The maximum absolute atomic E-state index is 13.1. The van der Waals surface area contributed by atoms with Gasteiger partial charge in [0.05, 0.1) is 12.3 Å². The maximum Gasteiger partial charge on any atom is 0.478 e. The van der Waals surface area contributed by atoms with Gasteiger partial charge in [0.25, 0.3) is 11.6 Å². The highest BCUT2D eigenvalue weighted by Gasteiger charge is 2.53. The van der Waals surface area contributed by atoms with Gasteiger partial charge >= 0.3 is 6.18 Å². The second-order valence-electron chi connectivity index (χ2n) is 6.36. The molecule has 0 unspecified atom stereocenters. The third kappa shape index (κ3) is 2.91. The fourth-order valence-electron chi connectivity index (χ4n) is 2.93. The van der Waals surface area contributed by atoms with Crippen molar-refractivity contribution in [1.82, 2.24) is 5.16 Å². The number of alkyl halides is 3. The van der Waals surface area contributed by atoms with Crippen LogP contribution in [-0.2, 0) is 0 Å². The lowest BCUT2D eigenvalue weighted by Crippen LogP contribution is -2.34. The van der Waals surface area contributed by atoms with Gasteiger partial charge in [0.15, 0.2) is 5.71 Å². The molecule has 0 atom stereocenters. The Bertz CT molecular complexity index is 935. The molecule has 4 rings (SSSR count). The quantitative estimate of drug-likeness (QED) is 0.830. The topological polar surface area (TPSA) is 58.1 Å². The molecule has 1 aromatic heterocycles. The largest absolute Gasteiger partial charge is 0.478 e. The lowest BCUT2D eigenvalue weighted by molar-refractivity contribution is -0.437.